The van der Waals surface area contributed by atoms with Crippen LogP contribution >= 0.6 is 0 Å². The van der Waals surface area contributed by atoms with E-state index < -0.39 is 0 Å². The van der Waals surface area contributed by atoms with Crippen molar-refractivity contribution in [2.24, 2.45) is 0 Å². The molecule has 0 radical (unpaired) electrons. The first-order valence-electron chi connectivity index (χ1n) is 8.37. The first-order valence-corrected chi connectivity index (χ1v) is 8.37. The van der Waals surface area contributed by atoms with E-state index in [0.717, 1.165) is 11.4 Å². The van der Waals surface area contributed by atoms with Gasteiger partial charge in [0.05, 0.1) is 6.61 Å². The molecule has 0 aliphatic heterocycles. The van der Waals surface area contributed by atoms with Gasteiger partial charge in [-0.3, -0.25) is 0 Å². The highest BCUT2D eigenvalue weighted by molar-refractivity contribution is 5.99. The molecule has 5 heteroatoms. The van der Waals surface area contributed by atoms with E-state index in [0.29, 0.717) is 23.8 Å². The monoisotopic (exact) mass is 348 g/mol. The lowest BCUT2D eigenvalue weighted by atomic mass is 10.2. The maximum Gasteiger partial charge on any atom is 0.323 e. The van der Waals surface area contributed by atoms with E-state index >= 15 is 0 Å². The van der Waals surface area contributed by atoms with Crippen molar-refractivity contribution in [3.05, 3.63) is 78.9 Å². The van der Waals surface area contributed by atoms with Crippen LogP contribution in [0.3, 0.4) is 0 Å². The number of hydrogen-bond donors (Lipinski definition) is 2. The van der Waals surface area contributed by atoms with Crippen molar-refractivity contribution < 1.29 is 14.3 Å². The summed E-state index contributed by atoms with van der Waals surface area (Å²) in [5.74, 6) is 1.87. The Bertz CT molecular complexity index is 852. The minimum Gasteiger partial charge on any atom is -0.490 e. The molecule has 0 aliphatic carbocycles. The molecule has 2 amide bonds. The van der Waals surface area contributed by atoms with Crippen LogP contribution in [0.5, 0.6) is 17.2 Å². The van der Waals surface area contributed by atoms with Gasteiger partial charge in [-0.2, -0.15) is 0 Å². The Kier molecular flexibility index (Phi) is 5.72. The van der Waals surface area contributed by atoms with Gasteiger partial charge in [-0.1, -0.05) is 36.4 Å². The second-order valence-corrected chi connectivity index (χ2v) is 5.45. The molecule has 3 rings (SSSR count). The first-order chi connectivity index (χ1) is 12.7. The molecule has 0 heterocycles. The molecule has 3 aromatic carbocycles. The van der Waals surface area contributed by atoms with Gasteiger partial charge in [0.15, 0.2) is 11.5 Å². The van der Waals surface area contributed by atoms with E-state index in [2.05, 4.69) is 10.6 Å². The molecule has 0 bridgehead atoms. The molecule has 0 aliphatic rings. The van der Waals surface area contributed by atoms with Crippen molar-refractivity contribution >= 4 is 17.4 Å². The molecule has 2 N–H and O–H groups in total. The molecule has 0 saturated carbocycles. The number of urea groups is 1. The summed E-state index contributed by atoms with van der Waals surface area (Å²) < 4.78 is 11.5. The lowest BCUT2D eigenvalue weighted by molar-refractivity contribution is 0.262. The molecule has 26 heavy (non-hydrogen) atoms. The summed E-state index contributed by atoms with van der Waals surface area (Å²) in [4.78, 5) is 12.1. The lowest BCUT2D eigenvalue weighted by Crippen LogP contribution is -2.19. The number of carbonyl (C=O) groups excluding carboxylic acids is 1. The molecular formula is C21H20N2O3. The molecule has 0 unspecified atom stereocenters. The van der Waals surface area contributed by atoms with Crippen molar-refractivity contribution in [1.29, 1.82) is 0 Å². The van der Waals surface area contributed by atoms with Crippen LogP contribution < -0.4 is 20.1 Å². The van der Waals surface area contributed by atoms with E-state index in [9.17, 15) is 4.79 Å². The van der Waals surface area contributed by atoms with Gasteiger partial charge in [0.1, 0.15) is 5.75 Å². The van der Waals surface area contributed by atoms with Gasteiger partial charge in [0.2, 0.25) is 0 Å². The average molecular weight is 348 g/mol. The minimum absolute atomic E-state index is 0.324. The van der Waals surface area contributed by atoms with Gasteiger partial charge in [-0.05, 0) is 43.3 Å². The Morgan fingerprint density at radius 1 is 0.808 bits per heavy atom. The number of ether oxygens (including phenoxy) is 2. The molecule has 0 spiro atoms. The Morgan fingerprint density at radius 3 is 2.15 bits per heavy atom. The SMILES string of the molecule is CCOc1cc(NC(=O)Nc2ccccc2)ccc1Oc1ccccc1. The third kappa shape index (κ3) is 4.77. The zero-order chi connectivity index (χ0) is 18.2. The molecule has 3 aromatic rings. The number of para-hydroxylation sites is 2. The van der Waals surface area contributed by atoms with E-state index in [4.69, 9.17) is 9.47 Å². The van der Waals surface area contributed by atoms with Gasteiger partial charge in [-0.15, -0.1) is 0 Å². The maximum atomic E-state index is 12.1. The highest BCUT2D eigenvalue weighted by Gasteiger charge is 2.10. The van der Waals surface area contributed by atoms with Crippen LogP contribution in [0.1, 0.15) is 6.92 Å². The molecule has 0 fully saturated rings. The Balaban J connectivity index is 1.72. The van der Waals surface area contributed by atoms with Crippen molar-refractivity contribution in [2.45, 2.75) is 6.92 Å². The van der Waals surface area contributed by atoms with E-state index in [1.54, 1.807) is 18.2 Å². The molecule has 0 saturated heterocycles. The van der Waals surface area contributed by atoms with Gasteiger partial charge in [-0.25, -0.2) is 4.79 Å². The van der Waals surface area contributed by atoms with E-state index in [-0.39, 0.29) is 6.03 Å². The predicted molar refractivity (Wildman–Crippen MR) is 103 cm³/mol. The molecule has 0 aromatic heterocycles. The largest absolute Gasteiger partial charge is 0.490 e. The van der Waals surface area contributed by atoms with Gasteiger partial charge in [0, 0.05) is 17.4 Å². The lowest BCUT2D eigenvalue weighted by Gasteiger charge is -2.14. The normalized spacial score (nSPS) is 10.0. The number of carbonyl (C=O) groups is 1. The molecule has 132 valence electrons. The summed E-state index contributed by atoms with van der Waals surface area (Å²) in [7, 11) is 0. The molecule has 0 atom stereocenters. The fourth-order valence-electron chi connectivity index (χ4n) is 2.37. The molecule has 5 nitrogen and oxygen atoms in total. The second kappa shape index (κ2) is 8.58. The smallest absolute Gasteiger partial charge is 0.323 e. The number of anilines is 2. The third-order valence-corrected chi connectivity index (χ3v) is 3.50. The van der Waals surface area contributed by atoms with Crippen molar-refractivity contribution in [1.82, 2.24) is 0 Å². The van der Waals surface area contributed by atoms with Gasteiger partial charge in [0.25, 0.3) is 0 Å². The van der Waals surface area contributed by atoms with Crippen LogP contribution in [0.4, 0.5) is 16.2 Å². The molecular weight excluding hydrogens is 328 g/mol. The number of amides is 2. The van der Waals surface area contributed by atoms with Gasteiger partial charge >= 0.3 is 6.03 Å². The summed E-state index contributed by atoms with van der Waals surface area (Å²) >= 11 is 0. The fourth-order valence-corrected chi connectivity index (χ4v) is 2.37. The summed E-state index contributed by atoms with van der Waals surface area (Å²) in [5.41, 5.74) is 1.33. The van der Waals surface area contributed by atoms with Crippen molar-refractivity contribution in [3.63, 3.8) is 0 Å². The quantitative estimate of drug-likeness (QED) is 0.616. The average Bonchev–Trinajstić information content (AvgIpc) is 2.66. The van der Waals surface area contributed by atoms with Crippen molar-refractivity contribution in [2.75, 3.05) is 17.2 Å². The predicted octanol–water partition coefficient (Wildman–Crippen LogP) is 5.52. The van der Waals surface area contributed by atoms with Crippen LogP contribution in [-0.2, 0) is 0 Å². The van der Waals surface area contributed by atoms with Crippen LogP contribution in [0.25, 0.3) is 0 Å². The Morgan fingerprint density at radius 2 is 1.46 bits per heavy atom. The fraction of sp³-hybridized carbons (Fsp3) is 0.0952. The van der Waals surface area contributed by atoms with Gasteiger partial charge < -0.3 is 20.1 Å². The van der Waals surface area contributed by atoms with Crippen molar-refractivity contribution in [3.8, 4) is 17.2 Å². The first kappa shape index (κ1) is 17.4. The summed E-state index contributed by atoms with van der Waals surface area (Å²) in [6.07, 6.45) is 0. The number of hydrogen-bond acceptors (Lipinski definition) is 3. The van der Waals surface area contributed by atoms with E-state index in [1.165, 1.54) is 0 Å². The summed E-state index contributed by atoms with van der Waals surface area (Å²) in [6, 6.07) is 23.7. The standard InChI is InChI=1S/C21H20N2O3/c1-2-25-20-15-17(23-21(24)22-16-9-5-3-6-10-16)13-14-19(20)26-18-11-7-4-8-12-18/h3-15H,2H2,1H3,(H2,22,23,24). The number of rotatable bonds is 6. The van der Waals surface area contributed by atoms with E-state index in [1.807, 2.05) is 67.6 Å². The summed E-state index contributed by atoms with van der Waals surface area (Å²) in [5, 5.41) is 5.57. The van der Waals surface area contributed by atoms with Crippen LogP contribution in [0.15, 0.2) is 78.9 Å². The zero-order valence-electron chi connectivity index (χ0n) is 14.4. The Labute approximate surface area is 152 Å². The topological polar surface area (TPSA) is 59.6 Å². The minimum atomic E-state index is -0.324. The second-order valence-electron chi connectivity index (χ2n) is 5.45. The highest BCUT2D eigenvalue weighted by atomic mass is 16.5. The number of benzene rings is 3. The summed E-state index contributed by atoms with van der Waals surface area (Å²) in [6.45, 7) is 2.39. The van der Waals surface area contributed by atoms with Crippen LogP contribution in [-0.4, -0.2) is 12.6 Å². The highest BCUT2D eigenvalue weighted by Crippen LogP contribution is 2.34. The van der Waals surface area contributed by atoms with Crippen LogP contribution in [0.2, 0.25) is 0 Å². The zero-order valence-corrected chi connectivity index (χ0v) is 14.4. The Hall–Kier alpha value is -3.47. The maximum absolute atomic E-state index is 12.1. The third-order valence-electron chi connectivity index (χ3n) is 3.50. The number of nitrogens with one attached hydrogen (secondary N) is 2. The van der Waals surface area contributed by atoms with Crippen LogP contribution in [0, 0.1) is 0 Å².